The molecule has 0 saturated carbocycles. The lowest BCUT2D eigenvalue weighted by Gasteiger charge is -2.14. The molecule has 0 aromatic heterocycles. The molecular weight excluding hydrogens is 436 g/mol. The lowest BCUT2D eigenvalue weighted by Crippen LogP contribution is -2.41. The second-order valence-electron chi connectivity index (χ2n) is 7.61. The Morgan fingerprint density at radius 1 is 0.941 bits per heavy atom. The van der Waals surface area contributed by atoms with Crippen LogP contribution in [0.2, 0.25) is 0 Å². The smallest absolute Gasteiger partial charge is 0.326 e. The molecule has 0 heterocycles. The number of carboxylic acid groups (broad SMARTS) is 1. The van der Waals surface area contributed by atoms with E-state index < -0.39 is 23.8 Å². The quantitative estimate of drug-likeness (QED) is 0.401. The molecule has 8 nitrogen and oxygen atoms in total. The Morgan fingerprint density at radius 3 is 2.18 bits per heavy atom. The second-order valence-corrected chi connectivity index (χ2v) is 7.61. The minimum atomic E-state index is -1.22. The number of rotatable bonds is 11. The van der Waals surface area contributed by atoms with Crippen molar-refractivity contribution in [2.75, 3.05) is 7.11 Å². The highest BCUT2D eigenvalue weighted by Gasteiger charge is 2.21. The zero-order chi connectivity index (χ0) is 24.5. The van der Waals surface area contributed by atoms with E-state index in [0.717, 1.165) is 28.2 Å². The number of hydrogen-bond acceptors (Lipinski definition) is 5. The van der Waals surface area contributed by atoms with Gasteiger partial charge in [-0.1, -0.05) is 36.4 Å². The van der Waals surface area contributed by atoms with E-state index in [4.69, 9.17) is 15.2 Å². The molecule has 3 aromatic rings. The van der Waals surface area contributed by atoms with Gasteiger partial charge in [0.25, 0.3) is 5.91 Å². The first-order valence-corrected chi connectivity index (χ1v) is 10.6. The summed E-state index contributed by atoms with van der Waals surface area (Å²) in [4.78, 5) is 34.6. The van der Waals surface area contributed by atoms with E-state index in [9.17, 15) is 19.5 Å². The molecule has 0 spiro atoms. The lowest BCUT2D eigenvalue weighted by molar-refractivity contribution is -0.139. The van der Waals surface area contributed by atoms with Crippen molar-refractivity contribution >= 4 is 17.8 Å². The van der Waals surface area contributed by atoms with Crippen molar-refractivity contribution < 1.29 is 29.0 Å². The first kappa shape index (κ1) is 24.3. The van der Waals surface area contributed by atoms with Gasteiger partial charge in [-0.15, -0.1) is 0 Å². The van der Waals surface area contributed by atoms with Crippen LogP contribution in [0.5, 0.6) is 11.5 Å². The van der Waals surface area contributed by atoms with Crippen molar-refractivity contribution in [2.24, 2.45) is 5.73 Å². The standard InChI is InChI=1S/C26H26N2O6/c1-33-22-4-2-3-17(15-22)16-34-21-11-9-19(10-12-21)18-5-7-20(8-6-18)25(30)28-23(26(31)32)13-14-24(27)29/h2-12,15,23H,13-14,16H2,1H3,(H2,27,29)(H,28,30)(H,31,32)/t23-/m0/s1. The summed E-state index contributed by atoms with van der Waals surface area (Å²) in [5.41, 5.74) is 8.19. The number of carboxylic acids is 1. The molecule has 3 rings (SSSR count). The minimum absolute atomic E-state index is 0.0687. The molecule has 176 valence electrons. The monoisotopic (exact) mass is 462 g/mol. The number of ether oxygens (including phenoxy) is 2. The van der Waals surface area contributed by atoms with Crippen LogP contribution < -0.4 is 20.5 Å². The molecule has 4 N–H and O–H groups in total. The summed E-state index contributed by atoms with van der Waals surface area (Å²) < 4.78 is 11.1. The number of nitrogens with two attached hydrogens (primary N) is 1. The van der Waals surface area contributed by atoms with Crippen LogP contribution in [0.1, 0.15) is 28.8 Å². The third kappa shape index (κ3) is 6.83. The summed E-state index contributed by atoms with van der Waals surface area (Å²) in [6.07, 6.45) is -0.198. The van der Waals surface area contributed by atoms with E-state index in [0.29, 0.717) is 12.2 Å². The van der Waals surface area contributed by atoms with Crippen LogP contribution in [0.25, 0.3) is 11.1 Å². The van der Waals surface area contributed by atoms with Crippen LogP contribution in [-0.4, -0.2) is 36.0 Å². The molecule has 0 radical (unpaired) electrons. The number of benzene rings is 3. The number of nitrogens with one attached hydrogen (secondary N) is 1. The summed E-state index contributed by atoms with van der Waals surface area (Å²) >= 11 is 0. The highest BCUT2D eigenvalue weighted by Crippen LogP contribution is 2.24. The first-order valence-electron chi connectivity index (χ1n) is 10.6. The molecule has 1 atom stereocenters. The summed E-state index contributed by atoms with van der Waals surface area (Å²) in [7, 11) is 1.62. The van der Waals surface area contributed by atoms with E-state index in [1.54, 1.807) is 31.4 Å². The van der Waals surface area contributed by atoms with E-state index in [2.05, 4.69) is 5.32 Å². The van der Waals surface area contributed by atoms with Gasteiger partial charge in [-0.3, -0.25) is 9.59 Å². The van der Waals surface area contributed by atoms with E-state index in [1.165, 1.54) is 0 Å². The number of aliphatic carboxylic acids is 1. The Bertz CT molecular complexity index is 1140. The zero-order valence-corrected chi connectivity index (χ0v) is 18.7. The van der Waals surface area contributed by atoms with Gasteiger partial charge in [0, 0.05) is 12.0 Å². The van der Waals surface area contributed by atoms with E-state index in [-0.39, 0.29) is 12.8 Å². The summed E-state index contributed by atoms with van der Waals surface area (Å²) in [6, 6.07) is 20.8. The molecule has 0 aliphatic rings. The molecule has 0 aliphatic carbocycles. The predicted molar refractivity (Wildman–Crippen MR) is 127 cm³/mol. The average Bonchev–Trinajstić information content (AvgIpc) is 2.85. The van der Waals surface area contributed by atoms with Crippen molar-refractivity contribution in [3.05, 3.63) is 83.9 Å². The third-order valence-corrected chi connectivity index (χ3v) is 5.16. The van der Waals surface area contributed by atoms with Gasteiger partial charge in [-0.25, -0.2) is 4.79 Å². The number of hydrogen-bond donors (Lipinski definition) is 3. The second kappa shape index (κ2) is 11.5. The number of carbonyl (C=O) groups is 3. The van der Waals surface area contributed by atoms with Crippen LogP contribution >= 0.6 is 0 Å². The highest BCUT2D eigenvalue weighted by atomic mass is 16.5. The van der Waals surface area contributed by atoms with Gasteiger partial charge >= 0.3 is 5.97 Å². The SMILES string of the molecule is COc1cccc(COc2ccc(-c3ccc(C(=O)N[C@@H](CCC(N)=O)C(=O)O)cc3)cc2)c1. The van der Waals surface area contributed by atoms with Crippen LogP contribution in [-0.2, 0) is 16.2 Å². The fourth-order valence-corrected chi connectivity index (χ4v) is 3.27. The fraction of sp³-hybridized carbons (Fsp3) is 0.192. The molecule has 2 amide bonds. The molecule has 0 unspecified atom stereocenters. The summed E-state index contributed by atoms with van der Waals surface area (Å²) in [5, 5.41) is 11.7. The Morgan fingerprint density at radius 2 is 1.59 bits per heavy atom. The van der Waals surface area contributed by atoms with Crippen molar-refractivity contribution in [3.63, 3.8) is 0 Å². The summed E-state index contributed by atoms with van der Waals surface area (Å²) in [6.45, 7) is 0.414. The molecule has 0 saturated heterocycles. The largest absolute Gasteiger partial charge is 0.497 e. The Hall–Kier alpha value is -4.33. The number of primary amides is 1. The third-order valence-electron chi connectivity index (χ3n) is 5.16. The molecule has 0 aliphatic heterocycles. The van der Waals surface area contributed by atoms with Gasteiger partial charge in [0.2, 0.25) is 5.91 Å². The van der Waals surface area contributed by atoms with Gasteiger partial charge < -0.3 is 25.6 Å². The van der Waals surface area contributed by atoms with Crippen molar-refractivity contribution in [1.82, 2.24) is 5.32 Å². The topological polar surface area (TPSA) is 128 Å². The molecule has 3 aromatic carbocycles. The normalized spacial score (nSPS) is 11.3. The van der Waals surface area contributed by atoms with Crippen molar-refractivity contribution in [1.29, 1.82) is 0 Å². The number of carbonyl (C=O) groups excluding carboxylic acids is 2. The van der Waals surface area contributed by atoms with Gasteiger partial charge in [-0.05, 0) is 59.5 Å². The van der Waals surface area contributed by atoms with E-state index >= 15 is 0 Å². The van der Waals surface area contributed by atoms with Crippen LogP contribution in [0.15, 0.2) is 72.8 Å². The van der Waals surface area contributed by atoms with Gasteiger partial charge in [0.05, 0.1) is 7.11 Å². The van der Waals surface area contributed by atoms with Crippen LogP contribution in [0.4, 0.5) is 0 Å². The predicted octanol–water partition coefficient (Wildman–Crippen LogP) is 3.39. The molecule has 8 heteroatoms. The average molecular weight is 463 g/mol. The Labute approximate surface area is 197 Å². The van der Waals surface area contributed by atoms with Gasteiger partial charge in [0.15, 0.2) is 0 Å². The van der Waals surface area contributed by atoms with Gasteiger partial charge in [0.1, 0.15) is 24.1 Å². The lowest BCUT2D eigenvalue weighted by atomic mass is 10.0. The van der Waals surface area contributed by atoms with E-state index in [1.807, 2.05) is 48.5 Å². The van der Waals surface area contributed by atoms with Gasteiger partial charge in [-0.2, -0.15) is 0 Å². The maximum Gasteiger partial charge on any atom is 0.326 e. The van der Waals surface area contributed by atoms with Crippen LogP contribution in [0, 0.1) is 0 Å². The zero-order valence-electron chi connectivity index (χ0n) is 18.7. The molecule has 34 heavy (non-hydrogen) atoms. The van der Waals surface area contributed by atoms with Crippen molar-refractivity contribution in [2.45, 2.75) is 25.5 Å². The molecule has 0 bridgehead atoms. The van der Waals surface area contributed by atoms with Crippen molar-refractivity contribution in [3.8, 4) is 22.6 Å². The maximum absolute atomic E-state index is 12.4. The maximum atomic E-state index is 12.4. The fourth-order valence-electron chi connectivity index (χ4n) is 3.27. The number of amides is 2. The van der Waals surface area contributed by atoms with Crippen LogP contribution in [0.3, 0.4) is 0 Å². The Balaban J connectivity index is 1.59. The summed E-state index contributed by atoms with van der Waals surface area (Å²) in [5.74, 6) is -0.887. The number of methoxy groups -OCH3 is 1. The minimum Gasteiger partial charge on any atom is -0.497 e. The highest BCUT2D eigenvalue weighted by molar-refractivity contribution is 5.97. The Kier molecular flexibility index (Phi) is 8.23. The molecule has 0 fully saturated rings. The first-order chi connectivity index (χ1) is 16.4. The molecular formula is C26H26N2O6.